The molecule has 2 nitrogen and oxygen atoms in total. The SMILES string of the molecule is NCc1csnc1C1C2CC3CC(C2)CC1C3. The van der Waals surface area contributed by atoms with Crippen molar-refractivity contribution in [3.05, 3.63) is 16.6 Å². The fourth-order valence-electron chi connectivity index (χ4n) is 5.07. The number of rotatable bonds is 2. The first-order valence-corrected chi connectivity index (χ1v) is 7.82. The van der Waals surface area contributed by atoms with Crippen LogP contribution in [0.2, 0.25) is 0 Å². The van der Waals surface area contributed by atoms with Crippen LogP contribution in [0, 0.1) is 23.7 Å². The van der Waals surface area contributed by atoms with E-state index in [0.717, 1.165) is 29.6 Å². The molecule has 0 atom stereocenters. The molecule has 1 heterocycles. The highest BCUT2D eigenvalue weighted by molar-refractivity contribution is 7.03. The Balaban J connectivity index is 1.70. The summed E-state index contributed by atoms with van der Waals surface area (Å²) in [6, 6.07) is 0. The molecule has 3 heteroatoms. The van der Waals surface area contributed by atoms with Gasteiger partial charge in [0.15, 0.2) is 0 Å². The average molecular weight is 248 g/mol. The lowest BCUT2D eigenvalue weighted by Gasteiger charge is -2.54. The van der Waals surface area contributed by atoms with Gasteiger partial charge in [0.05, 0.1) is 5.69 Å². The summed E-state index contributed by atoms with van der Waals surface area (Å²) >= 11 is 1.61. The van der Waals surface area contributed by atoms with Crippen LogP contribution in [0.25, 0.3) is 0 Å². The van der Waals surface area contributed by atoms with Crippen LogP contribution in [0.5, 0.6) is 0 Å². The second-order valence-corrected chi connectivity index (χ2v) is 7.01. The van der Waals surface area contributed by atoms with Crippen molar-refractivity contribution >= 4 is 11.5 Å². The van der Waals surface area contributed by atoms with Gasteiger partial charge >= 0.3 is 0 Å². The maximum absolute atomic E-state index is 5.85. The summed E-state index contributed by atoms with van der Waals surface area (Å²) in [5.41, 5.74) is 8.56. The van der Waals surface area contributed by atoms with E-state index in [2.05, 4.69) is 5.38 Å². The molecule has 0 radical (unpaired) electrons. The van der Waals surface area contributed by atoms with E-state index < -0.39 is 0 Å². The molecule has 4 bridgehead atoms. The Kier molecular flexibility index (Phi) is 2.34. The van der Waals surface area contributed by atoms with Gasteiger partial charge in [-0.1, -0.05) is 0 Å². The van der Waals surface area contributed by atoms with Crippen molar-refractivity contribution < 1.29 is 0 Å². The van der Waals surface area contributed by atoms with Crippen LogP contribution in [0.4, 0.5) is 0 Å². The molecule has 17 heavy (non-hydrogen) atoms. The molecule has 0 amide bonds. The molecule has 0 unspecified atom stereocenters. The molecule has 5 rings (SSSR count). The highest BCUT2D eigenvalue weighted by Gasteiger charge is 2.49. The minimum absolute atomic E-state index is 0.675. The molecule has 4 aliphatic carbocycles. The van der Waals surface area contributed by atoms with Gasteiger partial charge in [-0.2, -0.15) is 4.37 Å². The minimum Gasteiger partial charge on any atom is -0.326 e. The highest BCUT2D eigenvalue weighted by Crippen LogP contribution is 2.59. The third-order valence-corrected chi connectivity index (χ3v) is 6.13. The number of hydrogen-bond donors (Lipinski definition) is 1. The second kappa shape index (κ2) is 3.79. The van der Waals surface area contributed by atoms with E-state index in [1.54, 1.807) is 11.5 Å². The Bertz CT molecular complexity index is 398. The summed E-state index contributed by atoms with van der Waals surface area (Å²) < 4.78 is 4.69. The number of aromatic nitrogens is 1. The first-order chi connectivity index (χ1) is 8.35. The van der Waals surface area contributed by atoms with Crippen molar-refractivity contribution in [1.82, 2.24) is 4.37 Å². The number of nitrogens with two attached hydrogens (primary N) is 1. The van der Waals surface area contributed by atoms with Crippen LogP contribution in [-0.4, -0.2) is 4.37 Å². The largest absolute Gasteiger partial charge is 0.326 e. The first kappa shape index (κ1) is 10.5. The Morgan fingerprint density at radius 3 is 2.35 bits per heavy atom. The third-order valence-electron chi connectivity index (χ3n) is 5.44. The van der Waals surface area contributed by atoms with Crippen LogP contribution in [0.3, 0.4) is 0 Å². The summed E-state index contributed by atoms with van der Waals surface area (Å²) in [6.45, 7) is 0.675. The van der Waals surface area contributed by atoms with E-state index in [-0.39, 0.29) is 0 Å². The average Bonchev–Trinajstić information content (AvgIpc) is 2.75. The van der Waals surface area contributed by atoms with Gasteiger partial charge in [-0.15, -0.1) is 0 Å². The van der Waals surface area contributed by atoms with E-state index in [9.17, 15) is 0 Å². The van der Waals surface area contributed by atoms with Crippen molar-refractivity contribution in [3.8, 4) is 0 Å². The summed E-state index contributed by atoms with van der Waals surface area (Å²) in [7, 11) is 0. The van der Waals surface area contributed by atoms with Gasteiger partial charge in [0, 0.05) is 17.8 Å². The van der Waals surface area contributed by atoms with Gasteiger partial charge in [0.25, 0.3) is 0 Å². The molecule has 0 aliphatic heterocycles. The van der Waals surface area contributed by atoms with Crippen molar-refractivity contribution in [2.75, 3.05) is 0 Å². The molecular formula is C14H20N2S. The van der Waals surface area contributed by atoms with E-state index in [0.29, 0.717) is 6.54 Å². The summed E-state index contributed by atoms with van der Waals surface area (Å²) in [5, 5.41) is 2.17. The highest BCUT2D eigenvalue weighted by atomic mass is 32.1. The zero-order chi connectivity index (χ0) is 11.4. The molecule has 0 aromatic carbocycles. The Hall–Kier alpha value is -0.410. The zero-order valence-corrected chi connectivity index (χ0v) is 11.0. The van der Waals surface area contributed by atoms with Gasteiger partial charge in [-0.25, -0.2) is 0 Å². The quantitative estimate of drug-likeness (QED) is 0.873. The topological polar surface area (TPSA) is 38.9 Å². The molecule has 4 saturated carbocycles. The maximum Gasteiger partial charge on any atom is 0.0623 e. The summed E-state index contributed by atoms with van der Waals surface area (Å²) in [5.74, 6) is 4.72. The Morgan fingerprint density at radius 1 is 1.12 bits per heavy atom. The Morgan fingerprint density at radius 2 is 1.76 bits per heavy atom. The van der Waals surface area contributed by atoms with E-state index in [1.165, 1.54) is 43.4 Å². The van der Waals surface area contributed by atoms with Crippen LogP contribution >= 0.6 is 11.5 Å². The van der Waals surface area contributed by atoms with E-state index >= 15 is 0 Å². The lowest BCUT2D eigenvalue weighted by atomic mass is 9.51. The van der Waals surface area contributed by atoms with Gasteiger partial charge in [0.1, 0.15) is 0 Å². The molecule has 4 aliphatic rings. The van der Waals surface area contributed by atoms with E-state index in [4.69, 9.17) is 10.1 Å². The fourth-order valence-corrected chi connectivity index (χ4v) is 5.81. The monoisotopic (exact) mass is 248 g/mol. The standard InChI is InChI=1S/C14H20N2S/c15-6-12-7-17-16-14(12)13-10-2-8-1-9(4-10)5-11(13)3-8/h7-11,13H,1-6,15H2. The first-order valence-electron chi connectivity index (χ1n) is 6.98. The van der Waals surface area contributed by atoms with Crippen LogP contribution in [0.1, 0.15) is 49.3 Å². The third kappa shape index (κ3) is 1.52. The zero-order valence-electron chi connectivity index (χ0n) is 10.1. The molecule has 4 fully saturated rings. The Labute approximate surface area is 107 Å². The van der Waals surface area contributed by atoms with E-state index in [1.807, 2.05) is 0 Å². The van der Waals surface area contributed by atoms with Crippen molar-refractivity contribution in [2.45, 2.75) is 44.6 Å². The molecule has 1 aromatic heterocycles. The van der Waals surface area contributed by atoms with Gasteiger partial charge in [-0.3, -0.25) is 0 Å². The van der Waals surface area contributed by atoms with Gasteiger partial charge < -0.3 is 5.73 Å². The van der Waals surface area contributed by atoms with Crippen molar-refractivity contribution in [3.63, 3.8) is 0 Å². The van der Waals surface area contributed by atoms with Crippen LogP contribution < -0.4 is 5.73 Å². The molecule has 0 spiro atoms. The summed E-state index contributed by atoms with van der Waals surface area (Å²) in [6.07, 6.45) is 7.41. The summed E-state index contributed by atoms with van der Waals surface area (Å²) in [4.78, 5) is 0. The minimum atomic E-state index is 0.675. The second-order valence-electron chi connectivity index (χ2n) is 6.39. The van der Waals surface area contributed by atoms with Crippen LogP contribution in [-0.2, 0) is 6.54 Å². The molecular weight excluding hydrogens is 228 g/mol. The maximum atomic E-state index is 5.85. The lowest BCUT2D eigenvalue weighted by Crippen LogP contribution is -2.44. The fraction of sp³-hybridized carbons (Fsp3) is 0.786. The number of hydrogen-bond acceptors (Lipinski definition) is 3. The molecule has 0 saturated heterocycles. The smallest absolute Gasteiger partial charge is 0.0623 e. The predicted molar refractivity (Wildman–Crippen MR) is 69.8 cm³/mol. The lowest BCUT2D eigenvalue weighted by molar-refractivity contribution is -0.00413. The van der Waals surface area contributed by atoms with Gasteiger partial charge in [-0.05, 0) is 72.9 Å². The number of nitrogens with zero attached hydrogens (tertiary/aromatic N) is 1. The normalized spacial score (nSPS) is 43.2. The van der Waals surface area contributed by atoms with Crippen molar-refractivity contribution in [1.29, 1.82) is 0 Å². The van der Waals surface area contributed by atoms with Crippen LogP contribution in [0.15, 0.2) is 5.38 Å². The molecule has 1 aromatic rings. The van der Waals surface area contributed by atoms with Gasteiger partial charge in [0.2, 0.25) is 0 Å². The van der Waals surface area contributed by atoms with Crippen molar-refractivity contribution in [2.24, 2.45) is 29.4 Å². The predicted octanol–water partition coefficient (Wildman–Crippen LogP) is 3.14. The molecule has 2 N–H and O–H groups in total. The molecule has 92 valence electrons.